The maximum absolute atomic E-state index is 12.7. The van der Waals surface area contributed by atoms with Crippen molar-refractivity contribution in [3.8, 4) is 0 Å². The molecule has 0 aliphatic heterocycles. The maximum atomic E-state index is 12.7. The molecule has 1 aliphatic rings. The van der Waals surface area contributed by atoms with Gasteiger partial charge in [0.25, 0.3) is 5.91 Å². The van der Waals surface area contributed by atoms with Gasteiger partial charge in [-0.25, -0.2) is 9.50 Å². The topological polar surface area (TPSA) is 59.3 Å². The minimum atomic E-state index is -0.112. The molecule has 0 saturated heterocycles. The van der Waals surface area contributed by atoms with Crippen molar-refractivity contribution in [2.45, 2.75) is 39.0 Å². The second-order valence-corrected chi connectivity index (χ2v) is 7.39. The third-order valence-electron chi connectivity index (χ3n) is 5.34. The second kappa shape index (κ2) is 6.90. The van der Waals surface area contributed by atoms with Crippen molar-refractivity contribution in [2.75, 3.05) is 6.54 Å². The number of aromatic nitrogens is 3. The lowest BCUT2D eigenvalue weighted by atomic mass is 9.89. The molecule has 0 saturated carbocycles. The third kappa shape index (κ3) is 3.09. The lowest BCUT2D eigenvalue weighted by Gasteiger charge is -2.21. The van der Waals surface area contributed by atoms with Gasteiger partial charge in [-0.3, -0.25) is 4.79 Å². The van der Waals surface area contributed by atoms with Gasteiger partial charge in [0.2, 0.25) is 0 Å². The SMILES string of the molecule is C[C@H]1CCc2c(cnc3c(C(=O)NC[C@H](C)c4ccccc4)cnn23)C1. The predicted molar refractivity (Wildman–Crippen MR) is 101 cm³/mol. The molecule has 0 fully saturated rings. The number of aryl methyl sites for hydroxylation is 1. The number of amides is 1. The van der Waals surface area contributed by atoms with Crippen molar-refractivity contribution >= 4 is 11.6 Å². The number of rotatable bonds is 4. The van der Waals surface area contributed by atoms with Crippen LogP contribution in [0, 0.1) is 5.92 Å². The molecule has 0 unspecified atom stereocenters. The molecule has 0 radical (unpaired) electrons. The molecule has 1 amide bonds. The molecule has 0 spiro atoms. The van der Waals surface area contributed by atoms with Gasteiger partial charge in [-0.2, -0.15) is 5.10 Å². The lowest BCUT2D eigenvalue weighted by Crippen LogP contribution is -2.27. The average molecular weight is 348 g/mol. The fourth-order valence-corrected chi connectivity index (χ4v) is 3.71. The summed E-state index contributed by atoms with van der Waals surface area (Å²) in [6.07, 6.45) is 6.74. The van der Waals surface area contributed by atoms with E-state index < -0.39 is 0 Å². The van der Waals surface area contributed by atoms with E-state index in [1.807, 2.05) is 28.9 Å². The van der Waals surface area contributed by atoms with E-state index in [0.717, 1.165) is 19.3 Å². The largest absolute Gasteiger partial charge is 0.351 e. The van der Waals surface area contributed by atoms with Gasteiger partial charge < -0.3 is 5.32 Å². The molecule has 26 heavy (non-hydrogen) atoms. The molecule has 1 aromatic carbocycles. The van der Waals surface area contributed by atoms with Crippen LogP contribution in [-0.4, -0.2) is 27.0 Å². The summed E-state index contributed by atoms with van der Waals surface area (Å²) >= 11 is 0. The van der Waals surface area contributed by atoms with Crippen LogP contribution in [0.3, 0.4) is 0 Å². The first kappa shape index (κ1) is 16.8. The number of hydrogen-bond acceptors (Lipinski definition) is 3. The highest BCUT2D eigenvalue weighted by molar-refractivity contribution is 5.99. The van der Waals surface area contributed by atoms with Gasteiger partial charge in [0, 0.05) is 18.4 Å². The zero-order valence-corrected chi connectivity index (χ0v) is 15.3. The first-order chi connectivity index (χ1) is 12.6. The summed E-state index contributed by atoms with van der Waals surface area (Å²) in [5, 5.41) is 7.49. The van der Waals surface area contributed by atoms with Gasteiger partial charge in [0.15, 0.2) is 5.65 Å². The smallest absolute Gasteiger partial charge is 0.256 e. The number of benzene rings is 1. The molecule has 5 heteroatoms. The molecule has 5 nitrogen and oxygen atoms in total. The van der Waals surface area contributed by atoms with Crippen LogP contribution in [0.1, 0.15) is 53.4 Å². The normalized spacial score (nSPS) is 17.7. The van der Waals surface area contributed by atoms with Crippen LogP contribution >= 0.6 is 0 Å². The summed E-state index contributed by atoms with van der Waals surface area (Å²) in [5.74, 6) is 0.822. The van der Waals surface area contributed by atoms with Crippen molar-refractivity contribution in [3.05, 3.63) is 65.1 Å². The van der Waals surface area contributed by atoms with E-state index in [4.69, 9.17) is 0 Å². The van der Waals surface area contributed by atoms with Crippen molar-refractivity contribution in [2.24, 2.45) is 5.92 Å². The molecule has 1 N–H and O–H groups in total. The van der Waals surface area contributed by atoms with Gasteiger partial charge in [-0.1, -0.05) is 44.2 Å². The predicted octanol–water partition coefficient (Wildman–Crippen LogP) is 3.39. The molecule has 2 heterocycles. The van der Waals surface area contributed by atoms with E-state index >= 15 is 0 Å². The van der Waals surface area contributed by atoms with E-state index in [2.05, 4.69) is 41.4 Å². The number of carbonyl (C=O) groups is 1. The average Bonchev–Trinajstić information content (AvgIpc) is 3.10. The van der Waals surface area contributed by atoms with Crippen molar-refractivity contribution < 1.29 is 4.79 Å². The molecular weight excluding hydrogens is 324 g/mol. The number of nitrogens with zero attached hydrogens (tertiary/aromatic N) is 3. The van der Waals surface area contributed by atoms with Crippen LogP contribution in [0.2, 0.25) is 0 Å². The molecule has 134 valence electrons. The molecule has 2 aromatic heterocycles. The van der Waals surface area contributed by atoms with E-state index in [-0.39, 0.29) is 11.8 Å². The van der Waals surface area contributed by atoms with Crippen molar-refractivity contribution in [1.82, 2.24) is 19.9 Å². The summed E-state index contributed by atoms with van der Waals surface area (Å²) < 4.78 is 1.86. The van der Waals surface area contributed by atoms with Crippen LogP contribution < -0.4 is 5.32 Å². The first-order valence-corrected chi connectivity index (χ1v) is 9.31. The minimum absolute atomic E-state index is 0.112. The van der Waals surface area contributed by atoms with Crippen LogP contribution in [0.15, 0.2) is 42.7 Å². The van der Waals surface area contributed by atoms with Crippen molar-refractivity contribution in [3.63, 3.8) is 0 Å². The number of hydrogen-bond donors (Lipinski definition) is 1. The monoisotopic (exact) mass is 348 g/mol. The van der Waals surface area contributed by atoms with Crippen LogP contribution in [0.5, 0.6) is 0 Å². The van der Waals surface area contributed by atoms with Gasteiger partial charge in [0.05, 0.1) is 6.20 Å². The van der Waals surface area contributed by atoms with Gasteiger partial charge in [-0.15, -0.1) is 0 Å². The Morgan fingerprint density at radius 2 is 2.12 bits per heavy atom. The molecule has 3 aromatic rings. The summed E-state index contributed by atoms with van der Waals surface area (Å²) in [6, 6.07) is 10.2. The Hall–Kier alpha value is -2.69. The molecule has 0 bridgehead atoms. The lowest BCUT2D eigenvalue weighted by molar-refractivity contribution is 0.0953. The third-order valence-corrected chi connectivity index (χ3v) is 5.34. The van der Waals surface area contributed by atoms with E-state index in [1.165, 1.54) is 16.8 Å². The first-order valence-electron chi connectivity index (χ1n) is 9.31. The van der Waals surface area contributed by atoms with E-state index in [1.54, 1.807) is 6.20 Å². The molecule has 1 aliphatic carbocycles. The Balaban J connectivity index is 1.52. The quantitative estimate of drug-likeness (QED) is 0.786. The number of nitrogens with one attached hydrogen (secondary N) is 1. The van der Waals surface area contributed by atoms with Gasteiger partial charge in [-0.05, 0) is 42.2 Å². The Morgan fingerprint density at radius 3 is 2.92 bits per heavy atom. The summed E-state index contributed by atoms with van der Waals surface area (Å²) in [5.41, 5.74) is 4.87. The summed E-state index contributed by atoms with van der Waals surface area (Å²) in [4.78, 5) is 17.2. The van der Waals surface area contributed by atoms with Gasteiger partial charge in [0.1, 0.15) is 5.56 Å². The molecule has 2 atom stereocenters. The zero-order chi connectivity index (χ0) is 18.1. The second-order valence-electron chi connectivity index (χ2n) is 7.39. The fraction of sp³-hybridized carbons (Fsp3) is 0.381. The highest BCUT2D eigenvalue weighted by atomic mass is 16.1. The highest BCUT2D eigenvalue weighted by Crippen LogP contribution is 2.25. The summed E-state index contributed by atoms with van der Waals surface area (Å²) in [7, 11) is 0. The van der Waals surface area contributed by atoms with E-state index in [9.17, 15) is 4.79 Å². The minimum Gasteiger partial charge on any atom is -0.351 e. The Labute approximate surface area is 153 Å². The zero-order valence-electron chi connectivity index (χ0n) is 15.3. The standard InChI is InChI=1S/C21H24N4O/c1-14-8-9-19-17(10-14)12-22-20-18(13-24-25(19)20)21(26)23-11-15(2)16-6-4-3-5-7-16/h3-7,12-15H,8-11H2,1-2H3,(H,23,26)/t14-,15-/m0/s1. The van der Waals surface area contributed by atoms with Gasteiger partial charge >= 0.3 is 0 Å². The van der Waals surface area contributed by atoms with E-state index in [0.29, 0.717) is 23.7 Å². The molecule has 4 rings (SSSR count). The Kier molecular flexibility index (Phi) is 4.45. The highest BCUT2D eigenvalue weighted by Gasteiger charge is 2.22. The van der Waals surface area contributed by atoms with Crippen LogP contribution in [0.4, 0.5) is 0 Å². The van der Waals surface area contributed by atoms with Crippen LogP contribution in [0.25, 0.3) is 5.65 Å². The molecular formula is C21H24N4O. The summed E-state index contributed by atoms with van der Waals surface area (Å²) in [6.45, 7) is 4.97. The fourth-order valence-electron chi connectivity index (χ4n) is 3.71. The Morgan fingerprint density at radius 1 is 1.31 bits per heavy atom. The number of carbonyl (C=O) groups excluding carboxylic acids is 1. The van der Waals surface area contributed by atoms with Crippen LogP contribution in [-0.2, 0) is 12.8 Å². The number of fused-ring (bicyclic) bond motifs is 3. The van der Waals surface area contributed by atoms with Crippen molar-refractivity contribution in [1.29, 1.82) is 0 Å². The Bertz CT molecular complexity index is 932. The maximum Gasteiger partial charge on any atom is 0.256 e.